The lowest BCUT2D eigenvalue weighted by molar-refractivity contribution is 0.345. The molecule has 0 saturated heterocycles. The van der Waals surface area contributed by atoms with Gasteiger partial charge in [-0.25, -0.2) is 0 Å². The molecular formula is C21H33IN4S. The third kappa shape index (κ3) is 7.79. The molecule has 1 aromatic carbocycles. The van der Waals surface area contributed by atoms with E-state index in [0.29, 0.717) is 0 Å². The van der Waals surface area contributed by atoms with E-state index in [2.05, 4.69) is 90.1 Å². The predicted octanol–water partition coefficient (Wildman–Crippen LogP) is 4.46. The molecule has 0 spiro atoms. The van der Waals surface area contributed by atoms with Gasteiger partial charge in [0.05, 0.1) is 0 Å². The lowest BCUT2D eigenvalue weighted by atomic mass is 9.91. The van der Waals surface area contributed by atoms with E-state index in [1.807, 2.05) is 7.05 Å². The highest BCUT2D eigenvalue weighted by Gasteiger charge is 2.21. The first-order chi connectivity index (χ1) is 12.4. The summed E-state index contributed by atoms with van der Waals surface area (Å²) in [6.07, 6.45) is 0. The van der Waals surface area contributed by atoms with Crippen molar-refractivity contribution in [2.75, 3.05) is 27.2 Å². The molecule has 150 valence electrons. The maximum absolute atomic E-state index is 4.36. The van der Waals surface area contributed by atoms with E-state index < -0.39 is 0 Å². The number of aliphatic imine (C=N–C) groups is 1. The molecule has 0 fully saturated rings. The van der Waals surface area contributed by atoms with E-state index in [0.717, 1.165) is 32.1 Å². The van der Waals surface area contributed by atoms with Crippen LogP contribution in [0.25, 0.3) is 0 Å². The number of nitrogens with one attached hydrogen (secondary N) is 2. The zero-order chi connectivity index (χ0) is 19.0. The van der Waals surface area contributed by atoms with E-state index in [-0.39, 0.29) is 29.4 Å². The van der Waals surface area contributed by atoms with Crippen LogP contribution < -0.4 is 10.6 Å². The molecule has 1 aromatic heterocycles. The first-order valence-corrected chi connectivity index (χ1v) is 10.1. The van der Waals surface area contributed by atoms with E-state index in [9.17, 15) is 0 Å². The molecular weight excluding hydrogens is 467 g/mol. The zero-order valence-electron chi connectivity index (χ0n) is 17.1. The Hall–Kier alpha value is -1.12. The first-order valence-electron chi connectivity index (χ1n) is 9.19. The van der Waals surface area contributed by atoms with Crippen molar-refractivity contribution in [2.45, 2.75) is 39.3 Å². The summed E-state index contributed by atoms with van der Waals surface area (Å²) in [5.41, 5.74) is 2.69. The number of rotatable bonds is 8. The Kier molecular flexibility index (Phi) is 10.3. The molecule has 2 aromatic rings. The topological polar surface area (TPSA) is 39.7 Å². The molecule has 4 nitrogen and oxygen atoms in total. The summed E-state index contributed by atoms with van der Waals surface area (Å²) in [6.45, 7) is 10.3. The standard InChI is InChI=1S/C21H32N4S.HI/c1-6-25(5)15-18-10-7-9-17(13-18)14-23-20(22-4)24-16-21(2,3)19-11-8-12-26-19;/h7-13H,6,14-16H2,1-5H3,(H2,22,23,24);1H. The molecule has 0 saturated carbocycles. The van der Waals surface area contributed by atoms with Gasteiger partial charge in [0.2, 0.25) is 0 Å². The summed E-state index contributed by atoms with van der Waals surface area (Å²) >= 11 is 1.80. The normalized spacial score (nSPS) is 12.0. The van der Waals surface area contributed by atoms with Crippen LogP contribution in [0.15, 0.2) is 46.8 Å². The molecule has 0 aliphatic rings. The molecule has 0 bridgehead atoms. The highest BCUT2D eigenvalue weighted by Crippen LogP contribution is 2.26. The molecule has 1 heterocycles. The second kappa shape index (κ2) is 11.7. The quantitative estimate of drug-likeness (QED) is 0.320. The van der Waals surface area contributed by atoms with Crippen LogP contribution >= 0.6 is 35.3 Å². The Bertz CT molecular complexity index is 698. The largest absolute Gasteiger partial charge is 0.356 e. The molecule has 2 rings (SSSR count). The fourth-order valence-corrected chi connectivity index (χ4v) is 3.58. The van der Waals surface area contributed by atoms with Gasteiger partial charge in [-0.05, 0) is 36.2 Å². The lowest BCUT2D eigenvalue weighted by Gasteiger charge is -2.25. The predicted molar refractivity (Wildman–Crippen MR) is 129 cm³/mol. The van der Waals surface area contributed by atoms with E-state index >= 15 is 0 Å². The molecule has 0 radical (unpaired) electrons. The summed E-state index contributed by atoms with van der Waals surface area (Å²) in [5, 5.41) is 9.02. The van der Waals surface area contributed by atoms with Crippen LogP contribution in [0.3, 0.4) is 0 Å². The average Bonchev–Trinajstić information content (AvgIpc) is 3.18. The number of benzene rings is 1. The van der Waals surface area contributed by atoms with Gasteiger partial charge in [-0.2, -0.15) is 0 Å². The Morgan fingerprint density at radius 2 is 1.89 bits per heavy atom. The van der Waals surface area contributed by atoms with Gasteiger partial charge in [0, 0.05) is 37.0 Å². The molecule has 2 N–H and O–H groups in total. The Balaban J connectivity index is 0.00000364. The van der Waals surface area contributed by atoms with Crippen molar-refractivity contribution in [3.05, 3.63) is 57.8 Å². The summed E-state index contributed by atoms with van der Waals surface area (Å²) in [7, 11) is 3.96. The second-order valence-corrected chi connectivity index (χ2v) is 8.24. The highest BCUT2D eigenvalue weighted by molar-refractivity contribution is 14.0. The number of nitrogens with zero attached hydrogens (tertiary/aromatic N) is 2. The van der Waals surface area contributed by atoms with Crippen molar-refractivity contribution in [3.63, 3.8) is 0 Å². The molecule has 0 amide bonds. The smallest absolute Gasteiger partial charge is 0.191 e. The van der Waals surface area contributed by atoms with Gasteiger partial charge in [0.15, 0.2) is 5.96 Å². The Labute approximate surface area is 185 Å². The van der Waals surface area contributed by atoms with Crippen molar-refractivity contribution >= 4 is 41.3 Å². The minimum atomic E-state index is 0. The van der Waals surface area contributed by atoms with Crippen molar-refractivity contribution in [3.8, 4) is 0 Å². The van der Waals surface area contributed by atoms with Crippen molar-refractivity contribution in [2.24, 2.45) is 4.99 Å². The van der Waals surface area contributed by atoms with Crippen LogP contribution in [0.2, 0.25) is 0 Å². The van der Waals surface area contributed by atoms with Crippen LogP contribution in [0.1, 0.15) is 36.8 Å². The number of thiophene rings is 1. The Morgan fingerprint density at radius 3 is 2.52 bits per heavy atom. The number of hydrogen-bond acceptors (Lipinski definition) is 3. The third-order valence-electron chi connectivity index (χ3n) is 4.55. The lowest BCUT2D eigenvalue weighted by Crippen LogP contribution is -2.42. The van der Waals surface area contributed by atoms with Crippen LogP contribution in [-0.2, 0) is 18.5 Å². The van der Waals surface area contributed by atoms with Gasteiger partial charge in [0.1, 0.15) is 0 Å². The van der Waals surface area contributed by atoms with Gasteiger partial charge in [0.25, 0.3) is 0 Å². The Morgan fingerprint density at radius 1 is 1.15 bits per heavy atom. The maximum Gasteiger partial charge on any atom is 0.191 e. The molecule has 0 unspecified atom stereocenters. The fraction of sp³-hybridized carbons (Fsp3) is 0.476. The third-order valence-corrected chi connectivity index (χ3v) is 5.79. The molecule has 0 aliphatic carbocycles. The van der Waals surface area contributed by atoms with Crippen LogP contribution in [0.4, 0.5) is 0 Å². The van der Waals surface area contributed by atoms with Crippen molar-refractivity contribution < 1.29 is 0 Å². The summed E-state index contributed by atoms with van der Waals surface area (Å²) in [4.78, 5) is 8.05. The summed E-state index contributed by atoms with van der Waals surface area (Å²) in [6, 6.07) is 13.0. The van der Waals surface area contributed by atoms with Crippen LogP contribution in [0, 0.1) is 0 Å². The van der Waals surface area contributed by atoms with E-state index in [1.54, 1.807) is 11.3 Å². The van der Waals surface area contributed by atoms with Gasteiger partial charge < -0.3 is 15.5 Å². The van der Waals surface area contributed by atoms with E-state index in [4.69, 9.17) is 0 Å². The van der Waals surface area contributed by atoms with Crippen LogP contribution in [0.5, 0.6) is 0 Å². The average molecular weight is 500 g/mol. The highest BCUT2D eigenvalue weighted by atomic mass is 127. The monoisotopic (exact) mass is 500 g/mol. The number of hydrogen-bond donors (Lipinski definition) is 2. The summed E-state index contributed by atoms with van der Waals surface area (Å²) in [5.74, 6) is 0.839. The van der Waals surface area contributed by atoms with Crippen LogP contribution in [-0.4, -0.2) is 38.0 Å². The van der Waals surface area contributed by atoms with E-state index in [1.165, 1.54) is 16.0 Å². The first kappa shape index (κ1) is 23.9. The van der Waals surface area contributed by atoms with Crippen molar-refractivity contribution in [1.82, 2.24) is 15.5 Å². The minimum absolute atomic E-state index is 0. The summed E-state index contributed by atoms with van der Waals surface area (Å²) < 4.78 is 0. The molecule has 0 atom stereocenters. The molecule has 0 aliphatic heterocycles. The molecule has 27 heavy (non-hydrogen) atoms. The zero-order valence-corrected chi connectivity index (χ0v) is 20.2. The SMILES string of the molecule is CCN(C)Cc1cccc(CNC(=NC)NCC(C)(C)c2cccs2)c1.I. The van der Waals surface area contributed by atoms with Crippen molar-refractivity contribution in [1.29, 1.82) is 0 Å². The number of guanidine groups is 1. The number of halogens is 1. The van der Waals surface area contributed by atoms with Gasteiger partial charge in [-0.3, -0.25) is 4.99 Å². The minimum Gasteiger partial charge on any atom is -0.356 e. The maximum atomic E-state index is 4.36. The van der Waals surface area contributed by atoms with Gasteiger partial charge in [-0.1, -0.05) is 51.1 Å². The van der Waals surface area contributed by atoms with Gasteiger partial charge >= 0.3 is 0 Å². The second-order valence-electron chi connectivity index (χ2n) is 7.29. The van der Waals surface area contributed by atoms with Gasteiger partial charge in [-0.15, -0.1) is 35.3 Å². The molecule has 6 heteroatoms. The fourth-order valence-electron chi connectivity index (χ4n) is 2.72.